The van der Waals surface area contributed by atoms with E-state index in [4.69, 9.17) is 23.2 Å². The highest BCUT2D eigenvalue weighted by molar-refractivity contribution is 7.11. The van der Waals surface area contributed by atoms with E-state index in [9.17, 15) is 0 Å². The van der Waals surface area contributed by atoms with Crippen molar-refractivity contribution < 1.29 is 0 Å². The van der Waals surface area contributed by atoms with Gasteiger partial charge in [0.25, 0.3) is 0 Å². The summed E-state index contributed by atoms with van der Waals surface area (Å²) in [6, 6.07) is 5.37. The molecule has 2 rings (SSSR count). The highest BCUT2D eigenvalue weighted by atomic mass is 35.5. The van der Waals surface area contributed by atoms with Crippen molar-refractivity contribution in [2.24, 2.45) is 0 Å². The van der Waals surface area contributed by atoms with Crippen molar-refractivity contribution in [3.8, 4) is 0 Å². The molecule has 1 aromatic carbocycles. The molecule has 0 aliphatic carbocycles. The van der Waals surface area contributed by atoms with Crippen LogP contribution in [0.3, 0.4) is 0 Å². The van der Waals surface area contributed by atoms with Crippen LogP contribution in [0.25, 0.3) is 0 Å². The van der Waals surface area contributed by atoms with Gasteiger partial charge in [-0.25, -0.2) is 4.98 Å². The summed E-state index contributed by atoms with van der Waals surface area (Å²) in [5.41, 5.74) is 1.92. The largest absolute Gasteiger partial charge is 0.377 e. The quantitative estimate of drug-likeness (QED) is 0.886. The summed E-state index contributed by atoms with van der Waals surface area (Å²) in [6.07, 6.45) is 0. The number of rotatable bonds is 3. The average molecular weight is 287 g/mol. The Hall–Kier alpha value is -0.770. The van der Waals surface area contributed by atoms with Crippen LogP contribution in [-0.4, -0.2) is 4.98 Å². The lowest BCUT2D eigenvalue weighted by Crippen LogP contribution is -1.99. The van der Waals surface area contributed by atoms with Gasteiger partial charge >= 0.3 is 0 Å². The molecule has 1 N–H and O–H groups in total. The molecule has 0 aliphatic rings. The first-order valence-corrected chi connectivity index (χ1v) is 6.75. The minimum absolute atomic E-state index is 0.666. The van der Waals surface area contributed by atoms with Crippen LogP contribution in [0, 0.1) is 13.8 Å². The van der Waals surface area contributed by atoms with Crippen molar-refractivity contribution >= 4 is 40.2 Å². The molecule has 0 unspecified atom stereocenters. The summed E-state index contributed by atoms with van der Waals surface area (Å²) < 4.78 is 0. The molecule has 90 valence electrons. The maximum atomic E-state index is 6.06. The molecule has 0 saturated heterocycles. The van der Waals surface area contributed by atoms with Gasteiger partial charge in [-0.1, -0.05) is 23.2 Å². The number of nitrogens with one attached hydrogen (secondary N) is 1. The number of thiazole rings is 1. The second kappa shape index (κ2) is 5.25. The van der Waals surface area contributed by atoms with Crippen LogP contribution in [0.1, 0.15) is 15.6 Å². The number of aromatic nitrogens is 1. The fourth-order valence-electron chi connectivity index (χ4n) is 1.42. The Morgan fingerprint density at radius 3 is 2.71 bits per heavy atom. The van der Waals surface area contributed by atoms with Crippen LogP contribution in [0.15, 0.2) is 18.2 Å². The summed E-state index contributed by atoms with van der Waals surface area (Å²) in [5, 5.41) is 5.63. The zero-order valence-corrected chi connectivity index (χ0v) is 11.9. The molecule has 1 aromatic heterocycles. The molecule has 1 heterocycles. The summed E-state index contributed by atoms with van der Waals surface area (Å²) in [6.45, 7) is 4.75. The molecule has 0 bridgehead atoms. The van der Waals surface area contributed by atoms with Crippen molar-refractivity contribution in [1.82, 2.24) is 4.98 Å². The van der Waals surface area contributed by atoms with Crippen LogP contribution in [0.5, 0.6) is 0 Å². The van der Waals surface area contributed by atoms with Gasteiger partial charge in [0.1, 0.15) is 5.01 Å². The summed E-state index contributed by atoms with van der Waals surface area (Å²) in [4.78, 5) is 5.71. The molecule has 5 heteroatoms. The van der Waals surface area contributed by atoms with Crippen molar-refractivity contribution in [3.63, 3.8) is 0 Å². The van der Waals surface area contributed by atoms with Gasteiger partial charge < -0.3 is 5.32 Å². The van der Waals surface area contributed by atoms with Gasteiger partial charge in [0, 0.05) is 9.90 Å². The summed E-state index contributed by atoms with van der Waals surface area (Å²) in [7, 11) is 0. The van der Waals surface area contributed by atoms with Crippen molar-refractivity contribution in [2.45, 2.75) is 20.4 Å². The molecule has 0 saturated carbocycles. The standard InChI is InChI=1S/C12H12Cl2N2S/c1-7-8(2)17-12(16-7)6-15-11-5-9(13)3-4-10(11)14/h3-5,15H,6H2,1-2H3. The number of nitrogens with zero attached hydrogens (tertiary/aromatic N) is 1. The third-order valence-electron chi connectivity index (χ3n) is 2.43. The number of aryl methyl sites for hydroxylation is 2. The predicted molar refractivity (Wildman–Crippen MR) is 75.4 cm³/mol. The molecule has 2 nitrogen and oxygen atoms in total. The lowest BCUT2D eigenvalue weighted by Gasteiger charge is -2.06. The van der Waals surface area contributed by atoms with E-state index in [1.54, 1.807) is 23.5 Å². The van der Waals surface area contributed by atoms with Crippen LogP contribution >= 0.6 is 34.5 Å². The molecule has 0 amide bonds. The number of halogens is 2. The minimum atomic E-state index is 0.666. The zero-order valence-electron chi connectivity index (χ0n) is 9.55. The van der Waals surface area contributed by atoms with E-state index in [1.807, 2.05) is 13.0 Å². The van der Waals surface area contributed by atoms with E-state index in [-0.39, 0.29) is 0 Å². The lowest BCUT2D eigenvalue weighted by molar-refractivity contribution is 1.07. The van der Waals surface area contributed by atoms with E-state index < -0.39 is 0 Å². The molecule has 17 heavy (non-hydrogen) atoms. The van der Waals surface area contributed by atoms with Gasteiger partial charge in [-0.15, -0.1) is 11.3 Å². The Balaban J connectivity index is 2.09. The van der Waals surface area contributed by atoms with Crippen LogP contribution in [0.4, 0.5) is 5.69 Å². The van der Waals surface area contributed by atoms with E-state index >= 15 is 0 Å². The summed E-state index contributed by atoms with van der Waals surface area (Å²) >= 11 is 13.7. The second-order valence-electron chi connectivity index (χ2n) is 3.73. The molecular formula is C12H12Cl2N2S. The maximum absolute atomic E-state index is 6.06. The van der Waals surface area contributed by atoms with Crippen LogP contribution in [0.2, 0.25) is 10.0 Å². The predicted octanol–water partition coefficient (Wildman–Crippen LogP) is 4.68. The Kier molecular flexibility index (Phi) is 3.92. The van der Waals surface area contributed by atoms with Crippen LogP contribution < -0.4 is 5.32 Å². The molecular weight excluding hydrogens is 275 g/mol. The van der Waals surface area contributed by atoms with Crippen molar-refractivity contribution in [2.75, 3.05) is 5.32 Å². The number of hydrogen-bond acceptors (Lipinski definition) is 3. The highest BCUT2D eigenvalue weighted by Crippen LogP contribution is 2.26. The van der Waals surface area contributed by atoms with Crippen molar-refractivity contribution in [1.29, 1.82) is 0 Å². The fraction of sp³-hybridized carbons (Fsp3) is 0.250. The van der Waals surface area contributed by atoms with E-state index in [0.717, 1.165) is 16.4 Å². The smallest absolute Gasteiger partial charge is 0.112 e. The minimum Gasteiger partial charge on any atom is -0.377 e. The first kappa shape index (κ1) is 12.7. The molecule has 0 aliphatic heterocycles. The SMILES string of the molecule is Cc1nc(CNc2cc(Cl)ccc2Cl)sc1C. The third-order valence-corrected chi connectivity index (χ3v) is 4.07. The van der Waals surface area contributed by atoms with Gasteiger partial charge in [-0.3, -0.25) is 0 Å². The van der Waals surface area contributed by atoms with E-state index in [2.05, 4.69) is 17.2 Å². The van der Waals surface area contributed by atoms with Gasteiger partial charge in [-0.2, -0.15) is 0 Å². The Bertz CT molecular complexity index is 518. The van der Waals surface area contributed by atoms with Gasteiger partial charge in [0.15, 0.2) is 0 Å². The Morgan fingerprint density at radius 2 is 2.06 bits per heavy atom. The van der Waals surface area contributed by atoms with E-state index in [1.165, 1.54) is 4.88 Å². The second-order valence-corrected chi connectivity index (χ2v) is 5.86. The molecule has 0 atom stereocenters. The number of anilines is 1. The topological polar surface area (TPSA) is 24.9 Å². The zero-order chi connectivity index (χ0) is 12.4. The molecule has 0 spiro atoms. The maximum Gasteiger partial charge on any atom is 0.112 e. The van der Waals surface area contributed by atoms with Gasteiger partial charge in [-0.05, 0) is 32.0 Å². The molecule has 0 radical (unpaired) electrons. The normalized spacial score (nSPS) is 10.6. The number of benzene rings is 1. The van der Waals surface area contributed by atoms with Crippen molar-refractivity contribution in [3.05, 3.63) is 43.8 Å². The number of hydrogen-bond donors (Lipinski definition) is 1. The molecule has 2 aromatic rings. The Labute approximate surface area is 115 Å². The first-order chi connectivity index (χ1) is 8.06. The van der Waals surface area contributed by atoms with Gasteiger partial charge in [0.2, 0.25) is 0 Å². The third kappa shape index (κ3) is 3.12. The summed E-state index contributed by atoms with van der Waals surface area (Å²) in [5.74, 6) is 0. The van der Waals surface area contributed by atoms with E-state index in [0.29, 0.717) is 16.6 Å². The molecule has 0 fully saturated rings. The first-order valence-electron chi connectivity index (χ1n) is 5.18. The lowest BCUT2D eigenvalue weighted by atomic mass is 10.3. The monoisotopic (exact) mass is 286 g/mol. The van der Waals surface area contributed by atoms with Gasteiger partial charge in [0.05, 0.1) is 22.9 Å². The highest BCUT2D eigenvalue weighted by Gasteiger charge is 2.05. The average Bonchev–Trinajstić information content (AvgIpc) is 2.60. The fourth-order valence-corrected chi connectivity index (χ4v) is 2.65. The van der Waals surface area contributed by atoms with Crippen LogP contribution in [-0.2, 0) is 6.54 Å². The Morgan fingerprint density at radius 1 is 1.29 bits per heavy atom.